The van der Waals surface area contributed by atoms with Gasteiger partial charge in [0.15, 0.2) is 0 Å². The number of aliphatic carboxylic acids is 1. The van der Waals surface area contributed by atoms with Gasteiger partial charge in [-0.25, -0.2) is 0 Å². The van der Waals surface area contributed by atoms with Crippen LogP contribution in [-0.4, -0.2) is 17.8 Å². The number of carboxylic acids is 1. The Bertz CT molecular complexity index is 990. The molecule has 2 amide bonds. The first-order valence-electron chi connectivity index (χ1n) is 8.89. The predicted molar refractivity (Wildman–Crippen MR) is 110 cm³/mol. The van der Waals surface area contributed by atoms with Crippen LogP contribution in [0.3, 0.4) is 0 Å². The zero-order valence-corrected chi connectivity index (χ0v) is 16.7. The van der Waals surface area contributed by atoms with Crippen LogP contribution >= 0.6 is 23.2 Å². The van der Waals surface area contributed by atoms with Gasteiger partial charge in [0.1, 0.15) is 0 Å². The second-order valence-corrected chi connectivity index (χ2v) is 7.41. The van der Waals surface area contributed by atoms with Gasteiger partial charge in [-0.1, -0.05) is 47.5 Å². The molecule has 0 unspecified atom stereocenters. The number of allylic oxidation sites excluding steroid dienone is 2. The molecule has 8 heteroatoms. The third kappa shape index (κ3) is 4.96. The van der Waals surface area contributed by atoms with Crippen LogP contribution in [0.1, 0.15) is 23.2 Å². The number of halogens is 2. The van der Waals surface area contributed by atoms with Gasteiger partial charge in [-0.2, -0.15) is 0 Å². The highest BCUT2D eigenvalue weighted by atomic mass is 35.5. The molecule has 0 spiro atoms. The number of carbonyl (C=O) groups is 3. The number of hydrogen-bond donors (Lipinski definition) is 2. The Morgan fingerprint density at radius 2 is 1.59 bits per heavy atom. The van der Waals surface area contributed by atoms with Crippen LogP contribution in [0.5, 0.6) is 0 Å². The lowest BCUT2D eigenvalue weighted by Gasteiger charge is -2.28. The number of rotatable bonds is 5. The summed E-state index contributed by atoms with van der Waals surface area (Å²) < 4.78 is 0. The van der Waals surface area contributed by atoms with Crippen LogP contribution in [0, 0.1) is 11.8 Å². The number of carboxylic acid groups (broad SMARTS) is 1. The van der Waals surface area contributed by atoms with E-state index in [-0.39, 0.29) is 17.7 Å². The van der Waals surface area contributed by atoms with Crippen molar-refractivity contribution in [1.82, 2.24) is 0 Å². The predicted octanol–water partition coefficient (Wildman–Crippen LogP) is 3.52. The Kier molecular flexibility index (Phi) is 6.56. The molecule has 29 heavy (non-hydrogen) atoms. The average molecular weight is 432 g/mol. The average Bonchev–Trinajstić information content (AvgIpc) is 2.71. The van der Waals surface area contributed by atoms with E-state index < -0.39 is 29.6 Å². The van der Waals surface area contributed by atoms with E-state index in [2.05, 4.69) is 10.6 Å². The number of para-hydroxylation sites is 1. The first kappa shape index (κ1) is 20.9. The molecule has 2 aromatic carbocycles. The van der Waals surface area contributed by atoms with Crippen LogP contribution in [0.15, 0.2) is 54.6 Å². The minimum atomic E-state index is -1.26. The number of benzene rings is 2. The maximum Gasteiger partial charge on any atom is 0.257 e. The second-order valence-electron chi connectivity index (χ2n) is 6.59. The van der Waals surface area contributed by atoms with Crippen molar-refractivity contribution in [3.05, 3.63) is 70.2 Å². The summed E-state index contributed by atoms with van der Waals surface area (Å²) in [6.45, 7) is 0. The van der Waals surface area contributed by atoms with Crippen LogP contribution in [0.2, 0.25) is 10.0 Å². The summed E-state index contributed by atoms with van der Waals surface area (Å²) in [7, 11) is 0. The molecule has 0 aliphatic heterocycles. The van der Waals surface area contributed by atoms with Crippen molar-refractivity contribution in [3.63, 3.8) is 0 Å². The van der Waals surface area contributed by atoms with E-state index in [0.717, 1.165) is 0 Å². The highest BCUT2D eigenvalue weighted by Crippen LogP contribution is 2.28. The summed E-state index contributed by atoms with van der Waals surface area (Å²) in [5, 5.41) is 17.4. The monoisotopic (exact) mass is 431 g/mol. The van der Waals surface area contributed by atoms with Crippen molar-refractivity contribution in [2.75, 3.05) is 10.6 Å². The summed E-state index contributed by atoms with van der Waals surface area (Å²) in [5.41, 5.74) is 0.949. The standard InChI is InChI=1S/C21H18Cl2N2O4/c22-16-10-9-12(11-17(16)23)24-20(27)15-7-3-4-8-18(15)25-19(26)13-5-1-2-6-14(13)21(28)29/h1-4,7-11,13-14H,5-6H2,(H,24,27)(H,25,26)(H,28,29)/p-1/t13-,14-/m1/s1. The van der Waals surface area contributed by atoms with Crippen LogP contribution in [-0.2, 0) is 9.59 Å². The van der Waals surface area contributed by atoms with Crippen molar-refractivity contribution < 1.29 is 19.5 Å². The molecule has 2 N–H and O–H groups in total. The van der Waals surface area contributed by atoms with E-state index in [9.17, 15) is 19.5 Å². The number of anilines is 2. The maximum atomic E-state index is 12.7. The molecule has 6 nitrogen and oxygen atoms in total. The Morgan fingerprint density at radius 1 is 0.897 bits per heavy atom. The third-order valence-electron chi connectivity index (χ3n) is 4.68. The first-order chi connectivity index (χ1) is 13.9. The van der Waals surface area contributed by atoms with E-state index in [1.54, 1.807) is 48.6 Å². The van der Waals surface area contributed by atoms with Gasteiger partial charge in [0.25, 0.3) is 5.91 Å². The number of amides is 2. The molecule has 2 aromatic rings. The Hall–Kier alpha value is -2.83. The number of carbonyl (C=O) groups excluding carboxylic acids is 3. The molecule has 0 heterocycles. The summed E-state index contributed by atoms with van der Waals surface area (Å²) in [6, 6.07) is 11.1. The molecule has 0 saturated carbocycles. The Morgan fingerprint density at radius 3 is 2.28 bits per heavy atom. The van der Waals surface area contributed by atoms with E-state index in [4.69, 9.17) is 23.2 Å². The topological polar surface area (TPSA) is 98.3 Å². The molecule has 2 atom stereocenters. The fourth-order valence-corrected chi connectivity index (χ4v) is 3.45. The van der Waals surface area contributed by atoms with Gasteiger partial charge in [-0.3, -0.25) is 9.59 Å². The van der Waals surface area contributed by atoms with Gasteiger partial charge >= 0.3 is 0 Å². The van der Waals surface area contributed by atoms with Gasteiger partial charge < -0.3 is 20.5 Å². The quantitative estimate of drug-likeness (QED) is 0.707. The zero-order valence-electron chi connectivity index (χ0n) is 15.2. The lowest BCUT2D eigenvalue weighted by atomic mass is 9.82. The van der Waals surface area contributed by atoms with Gasteiger partial charge in [0.05, 0.1) is 27.2 Å². The summed E-state index contributed by atoms with van der Waals surface area (Å²) in [6.07, 6.45) is 4.03. The van der Waals surface area contributed by atoms with Gasteiger partial charge in [0, 0.05) is 17.6 Å². The molecule has 0 aromatic heterocycles. The lowest BCUT2D eigenvalue weighted by molar-refractivity contribution is -0.313. The minimum Gasteiger partial charge on any atom is -0.550 e. The summed E-state index contributed by atoms with van der Waals surface area (Å²) in [4.78, 5) is 36.7. The van der Waals surface area contributed by atoms with Crippen molar-refractivity contribution >= 4 is 52.4 Å². The van der Waals surface area contributed by atoms with Crippen molar-refractivity contribution in [2.45, 2.75) is 12.8 Å². The van der Waals surface area contributed by atoms with Gasteiger partial charge in [-0.15, -0.1) is 0 Å². The molecule has 0 bridgehead atoms. The highest BCUT2D eigenvalue weighted by molar-refractivity contribution is 6.42. The van der Waals surface area contributed by atoms with Crippen molar-refractivity contribution in [2.24, 2.45) is 11.8 Å². The van der Waals surface area contributed by atoms with Crippen LogP contribution < -0.4 is 15.7 Å². The minimum absolute atomic E-state index is 0.225. The van der Waals surface area contributed by atoms with Gasteiger partial charge in [0.2, 0.25) is 5.91 Å². The van der Waals surface area contributed by atoms with Crippen LogP contribution in [0.25, 0.3) is 0 Å². The maximum absolute atomic E-state index is 12.7. The highest BCUT2D eigenvalue weighted by Gasteiger charge is 2.30. The van der Waals surface area contributed by atoms with Crippen molar-refractivity contribution in [1.29, 1.82) is 0 Å². The SMILES string of the molecule is O=C(Nc1ccc(Cl)c(Cl)c1)c1ccccc1NC(=O)[C@@H]1CC=CC[C@H]1C(=O)[O-]. The Labute approximate surface area is 177 Å². The lowest BCUT2D eigenvalue weighted by Crippen LogP contribution is -2.41. The molecule has 1 aliphatic rings. The Balaban J connectivity index is 1.78. The van der Waals surface area contributed by atoms with Crippen LogP contribution in [0.4, 0.5) is 11.4 Å². The molecule has 0 fully saturated rings. The van der Waals surface area contributed by atoms with E-state index in [1.165, 1.54) is 6.07 Å². The van der Waals surface area contributed by atoms with E-state index >= 15 is 0 Å². The second kappa shape index (κ2) is 9.11. The number of nitrogens with one attached hydrogen (secondary N) is 2. The molecular weight excluding hydrogens is 415 g/mol. The molecule has 150 valence electrons. The fourth-order valence-electron chi connectivity index (χ4n) is 3.15. The number of hydrogen-bond acceptors (Lipinski definition) is 4. The molecule has 0 radical (unpaired) electrons. The molecular formula is C21H17Cl2N2O4-. The van der Waals surface area contributed by atoms with Gasteiger partial charge in [-0.05, 0) is 43.2 Å². The van der Waals surface area contributed by atoms with E-state index in [0.29, 0.717) is 22.2 Å². The fraction of sp³-hybridized carbons (Fsp3) is 0.190. The summed E-state index contributed by atoms with van der Waals surface area (Å²) >= 11 is 11.9. The largest absolute Gasteiger partial charge is 0.550 e. The normalized spacial score (nSPS) is 18.1. The third-order valence-corrected chi connectivity index (χ3v) is 5.42. The zero-order chi connectivity index (χ0) is 21.0. The van der Waals surface area contributed by atoms with Crippen molar-refractivity contribution in [3.8, 4) is 0 Å². The smallest absolute Gasteiger partial charge is 0.257 e. The molecule has 3 rings (SSSR count). The molecule has 0 saturated heterocycles. The summed E-state index contributed by atoms with van der Waals surface area (Å²) in [5.74, 6) is -3.87. The van der Waals surface area contributed by atoms with E-state index in [1.807, 2.05) is 0 Å². The first-order valence-corrected chi connectivity index (χ1v) is 9.64. The molecule has 1 aliphatic carbocycles.